The van der Waals surface area contributed by atoms with Crippen molar-refractivity contribution >= 4 is 17.5 Å². The molecule has 6 heteroatoms. The monoisotopic (exact) mass is 344 g/mol. The lowest BCUT2D eigenvalue weighted by atomic mass is 10.1. The molecular formula is C19H21FN2O3. The van der Waals surface area contributed by atoms with Crippen LogP contribution in [0.4, 0.5) is 10.1 Å². The van der Waals surface area contributed by atoms with Crippen molar-refractivity contribution in [3.8, 4) is 5.75 Å². The van der Waals surface area contributed by atoms with E-state index in [1.54, 1.807) is 24.3 Å². The molecule has 25 heavy (non-hydrogen) atoms. The number of carbonyl (C=O) groups is 2. The summed E-state index contributed by atoms with van der Waals surface area (Å²) in [6.45, 7) is 3.87. The summed E-state index contributed by atoms with van der Waals surface area (Å²) in [5.41, 5.74) is 0.852. The van der Waals surface area contributed by atoms with Gasteiger partial charge in [-0.05, 0) is 43.7 Å². The lowest BCUT2D eigenvalue weighted by Crippen LogP contribution is -2.32. The largest absolute Gasteiger partial charge is 0.494 e. The van der Waals surface area contributed by atoms with Gasteiger partial charge < -0.3 is 15.4 Å². The highest BCUT2D eigenvalue weighted by Crippen LogP contribution is 2.20. The Kier molecular flexibility index (Phi) is 6.11. The van der Waals surface area contributed by atoms with Crippen molar-refractivity contribution in [2.24, 2.45) is 0 Å². The van der Waals surface area contributed by atoms with Crippen LogP contribution in [0.1, 0.15) is 41.0 Å². The van der Waals surface area contributed by atoms with Crippen molar-refractivity contribution in [1.29, 1.82) is 0 Å². The molecule has 0 aliphatic heterocycles. The first kappa shape index (κ1) is 18.4. The Morgan fingerprint density at radius 1 is 1.16 bits per heavy atom. The lowest BCUT2D eigenvalue weighted by Gasteiger charge is -2.15. The number of nitrogens with one attached hydrogen (secondary N) is 2. The fraction of sp³-hybridized carbons (Fsp3) is 0.263. The summed E-state index contributed by atoms with van der Waals surface area (Å²) in [5.74, 6) is -1.35. The number of rotatable bonds is 6. The molecule has 0 aliphatic carbocycles. The van der Waals surface area contributed by atoms with Gasteiger partial charge in [0.25, 0.3) is 11.8 Å². The van der Waals surface area contributed by atoms with E-state index in [2.05, 4.69) is 10.6 Å². The second kappa shape index (κ2) is 8.28. The highest BCUT2D eigenvalue weighted by molar-refractivity contribution is 6.09. The zero-order valence-corrected chi connectivity index (χ0v) is 14.4. The van der Waals surface area contributed by atoms with Crippen LogP contribution in [0, 0.1) is 5.82 Å². The number of para-hydroxylation sites is 1. The van der Waals surface area contributed by atoms with E-state index >= 15 is 0 Å². The number of halogens is 1. The predicted molar refractivity (Wildman–Crippen MR) is 94.6 cm³/mol. The maximum absolute atomic E-state index is 13.8. The fourth-order valence-electron chi connectivity index (χ4n) is 2.20. The van der Waals surface area contributed by atoms with Gasteiger partial charge in [0.1, 0.15) is 0 Å². The van der Waals surface area contributed by atoms with Crippen molar-refractivity contribution in [3.63, 3.8) is 0 Å². The van der Waals surface area contributed by atoms with Crippen molar-refractivity contribution < 1.29 is 18.7 Å². The molecule has 0 radical (unpaired) electrons. The average Bonchev–Trinajstić information content (AvgIpc) is 2.61. The van der Waals surface area contributed by atoms with Gasteiger partial charge in [0.15, 0.2) is 11.6 Å². The molecule has 0 aliphatic rings. The highest BCUT2D eigenvalue weighted by atomic mass is 19.1. The lowest BCUT2D eigenvalue weighted by molar-refractivity contribution is 0.0940. The molecule has 2 N–H and O–H groups in total. The van der Waals surface area contributed by atoms with Crippen molar-refractivity contribution in [2.45, 2.75) is 26.3 Å². The van der Waals surface area contributed by atoms with E-state index in [-0.39, 0.29) is 23.3 Å². The van der Waals surface area contributed by atoms with Gasteiger partial charge in [-0.15, -0.1) is 0 Å². The second-order valence-corrected chi connectivity index (χ2v) is 5.63. The third-order valence-electron chi connectivity index (χ3n) is 3.82. The van der Waals surface area contributed by atoms with Gasteiger partial charge in [-0.3, -0.25) is 9.59 Å². The molecule has 0 bridgehead atoms. The number of benzene rings is 2. The molecule has 2 rings (SSSR count). The number of hydrogen-bond donors (Lipinski definition) is 2. The van der Waals surface area contributed by atoms with Crippen molar-refractivity contribution in [3.05, 3.63) is 59.4 Å². The van der Waals surface area contributed by atoms with Crippen LogP contribution in [0.3, 0.4) is 0 Å². The number of anilines is 1. The van der Waals surface area contributed by atoms with E-state index in [0.29, 0.717) is 11.3 Å². The minimum Gasteiger partial charge on any atom is -0.494 e. The van der Waals surface area contributed by atoms with Crippen LogP contribution < -0.4 is 15.4 Å². The van der Waals surface area contributed by atoms with Crippen LogP contribution in [-0.2, 0) is 0 Å². The number of hydrogen-bond acceptors (Lipinski definition) is 3. The topological polar surface area (TPSA) is 67.4 Å². The van der Waals surface area contributed by atoms with E-state index in [9.17, 15) is 14.0 Å². The van der Waals surface area contributed by atoms with Crippen LogP contribution in [0.25, 0.3) is 0 Å². The van der Waals surface area contributed by atoms with Gasteiger partial charge in [0.05, 0.1) is 18.4 Å². The molecule has 2 aromatic rings. The summed E-state index contributed by atoms with van der Waals surface area (Å²) in [6, 6.07) is 10.6. The van der Waals surface area contributed by atoms with E-state index in [0.717, 1.165) is 12.5 Å². The molecule has 132 valence electrons. The molecule has 0 saturated carbocycles. The van der Waals surface area contributed by atoms with E-state index in [4.69, 9.17) is 4.74 Å². The molecule has 1 atom stereocenters. The van der Waals surface area contributed by atoms with Crippen LogP contribution >= 0.6 is 0 Å². The maximum Gasteiger partial charge on any atom is 0.255 e. The smallest absolute Gasteiger partial charge is 0.255 e. The summed E-state index contributed by atoms with van der Waals surface area (Å²) in [7, 11) is 1.35. The molecule has 0 unspecified atom stereocenters. The van der Waals surface area contributed by atoms with Crippen molar-refractivity contribution in [1.82, 2.24) is 5.32 Å². The standard InChI is InChI=1S/C19H21FN2O3/c1-4-12(2)21-19(24)14-7-5-6-8-16(14)22-18(23)13-9-10-17(25-3)15(20)11-13/h5-12H,4H2,1-3H3,(H,21,24)(H,22,23)/t12-/m0/s1. The second-order valence-electron chi connectivity index (χ2n) is 5.63. The Labute approximate surface area is 146 Å². The maximum atomic E-state index is 13.8. The zero-order valence-electron chi connectivity index (χ0n) is 14.4. The summed E-state index contributed by atoms with van der Waals surface area (Å²) >= 11 is 0. The molecule has 2 amide bonds. The molecule has 0 heterocycles. The number of ether oxygens (including phenoxy) is 1. The zero-order chi connectivity index (χ0) is 18.4. The summed E-state index contributed by atoms with van der Waals surface area (Å²) in [5, 5.41) is 5.51. The number of carbonyl (C=O) groups excluding carboxylic acids is 2. The Morgan fingerprint density at radius 2 is 1.88 bits per heavy atom. The minimum atomic E-state index is -0.627. The quantitative estimate of drug-likeness (QED) is 0.841. The van der Waals surface area contributed by atoms with E-state index in [1.807, 2.05) is 13.8 Å². The average molecular weight is 344 g/mol. The summed E-state index contributed by atoms with van der Waals surface area (Å²) in [4.78, 5) is 24.7. The Morgan fingerprint density at radius 3 is 2.52 bits per heavy atom. The van der Waals surface area contributed by atoms with Gasteiger partial charge in [-0.2, -0.15) is 0 Å². The molecule has 0 spiro atoms. The molecule has 0 aromatic heterocycles. The molecule has 2 aromatic carbocycles. The third-order valence-corrected chi connectivity index (χ3v) is 3.82. The molecule has 5 nitrogen and oxygen atoms in total. The van der Waals surface area contributed by atoms with Crippen LogP contribution in [-0.4, -0.2) is 25.0 Å². The van der Waals surface area contributed by atoms with Crippen molar-refractivity contribution in [2.75, 3.05) is 12.4 Å². The van der Waals surface area contributed by atoms with Crippen LogP contribution in [0.15, 0.2) is 42.5 Å². The fourth-order valence-corrected chi connectivity index (χ4v) is 2.20. The molecular weight excluding hydrogens is 323 g/mol. The van der Waals surface area contributed by atoms with Gasteiger partial charge >= 0.3 is 0 Å². The van der Waals surface area contributed by atoms with Crippen LogP contribution in [0.2, 0.25) is 0 Å². The first-order valence-electron chi connectivity index (χ1n) is 8.01. The van der Waals surface area contributed by atoms with Crippen LogP contribution in [0.5, 0.6) is 5.75 Å². The van der Waals surface area contributed by atoms with Gasteiger partial charge in [-0.25, -0.2) is 4.39 Å². The minimum absolute atomic E-state index is 0.0203. The van der Waals surface area contributed by atoms with E-state index < -0.39 is 11.7 Å². The number of methoxy groups -OCH3 is 1. The van der Waals surface area contributed by atoms with Gasteiger partial charge in [-0.1, -0.05) is 19.1 Å². The van der Waals surface area contributed by atoms with Gasteiger partial charge in [0.2, 0.25) is 0 Å². The Bertz CT molecular complexity index is 777. The summed E-state index contributed by atoms with van der Waals surface area (Å²) < 4.78 is 18.6. The highest BCUT2D eigenvalue weighted by Gasteiger charge is 2.16. The third kappa shape index (κ3) is 4.56. The Balaban J connectivity index is 2.21. The Hall–Kier alpha value is -2.89. The first-order chi connectivity index (χ1) is 12.0. The van der Waals surface area contributed by atoms with Gasteiger partial charge in [0, 0.05) is 11.6 Å². The predicted octanol–water partition coefficient (Wildman–Crippen LogP) is 3.61. The normalized spacial score (nSPS) is 11.5. The molecule has 0 fully saturated rings. The summed E-state index contributed by atoms with van der Waals surface area (Å²) in [6.07, 6.45) is 0.797. The SMILES string of the molecule is CC[C@H](C)NC(=O)c1ccccc1NC(=O)c1ccc(OC)c(F)c1. The molecule has 0 saturated heterocycles. The number of amides is 2. The first-order valence-corrected chi connectivity index (χ1v) is 8.01. The van der Waals surface area contributed by atoms with E-state index in [1.165, 1.54) is 19.2 Å².